The van der Waals surface area contributed by atoms with Crippen molar-refractivity contribution >= 4 is 5.82 Å². The van der Waals surface area contributed by atoms with Gasteiger partial charge in [-0.2, -0.15) is 0 Å². The van der Waals surface area contributed by atoms with Gasteiger partial charge in [0.25, 0.3) is 0 Å². The monoisotopic (exact) mass is 233 g/mol. The van der Waals surface area contributed by atoms with E-state index in [2.05, 4.69) is 19.2 Å². The van der Waals surface area contributed by atoms with Gasteiger partial charge in [-0.25, -0.2) is 9.97 Å². The van der Waals surface area contributed by atoms with Gasteiger partial charge >= 0.3 is 0 Å². The average molecular weight is 233 g/mol. The van der Waals surface area contributed by atoms with Gasteiger partial charge in [-0.05, 0) is 38.5 Å². The van der Waals surface area contributed by atoms with Crippen LogP contribution in [-0.4, -0.2) is 17.0 Å². The number of anilines is 1. The Morgan fingerprint density at radius 2 is 1.82 bits per heavy atom. The zero-order valence-corrected chi connectivity index (χ0v) is 11.2. The van der Waals surface area contributed by atoms with E-state index in [-0.39, 0.29) is 0 Å². The second-order valence-corrected chi connectivity index (χ2v) is 4.83. The van der Waals surface area contributed by atoms with E-state index in [0.717, 1.165) is 37.3 Å². The van der Waals surface area contributed by atoms with Gasteiger partial charge in [0.1, 0.15) is 11.6 Å². The van der Waals surface area contributed by atoms with Crippen molar-refractivity contribution in [2.24, 2.45) is 0 Å². The van der Waals surface area contributed by atoms with Crippen LogP contribution in [0.25, 0.3) is 0 Å². The standard InChI is InChI=1S/C14H23N3/c1-4-10(5-2)13-16-12-9-7-6-8-11(12)14(15-3)17-13/h10H,4-9H2,1-3H3,(H,15,16,17). The van der Waals surface area contributed by atoms with Crippen LogP contribution in [0.15, 0.2) is 0 Å². The van der Waals surface area contributed by atoms with Crippen LogP contribution in [0.3, 0.4) is 0 Å². The predicted molar refractivity (Wildman–Crippen MR) is 71.5 cm³/mol. The molecule has 1 heterocycles. The molecule has 3 nitrogen and oxygen atoms in total. The Morgan fingerprint density at radius 3 is 2.47 bits per heavy atom. The van der Waals surface area contributed by atoms with Crippen LogP contribution < -0.4 is 5.32 Å². The number of aromatic nitrogens is 2. The summed E-state index contributed by atoms with van der Waals surface area (Å²) in [5, 5.41) is 3.25. The molecule has 0 fully saturated rings. The van der Waals surface area contributed by atoms with Crippen molar-refractivity contribution in [2.75, 3.05) is 12.4 Å². The van der Waals surface area contributed by atoms with Crippen LogP contribution in [0.4, 0.5) is 5.82 Å². The molecule has 0 unspecified atom stereocenters. The molecular formula is C14H23N3. The van der Waals surface area contributed by atoms with Gasteiger partial charge < -0.3 is 5.32 Å². The highest BCUT2D eigenvalue weighted by atomic mass is 15.0. The lowest BCUT2D eigenvalue weighted by Gasteiger charge is -2.21. The fourth-order valence-corrected chi connectivity index (χ4v) is 2.66. The quantitative estimate of drug-likeness (QED) is 0.867. The smallest absolute Gasteiger partial charge is 0.134 e. The first-order chi connectivity index (χ1) is 8.30. The highest BCUT2D eigenvalue weighted by molar-refractivity contribution is 5.47. The number of nitrogens with zero attached hydrogens (tertiary/aromatic N) is 2. The molecule has 0 saturated heterocycles. The van der Waals surface area contributed by atoms with E-state index < -0.39 is 0 Å². The van der Waals surface area contributed by atoms with Gasteiger partial charge in [-0.15, -0.1) is 0 Å². The maximum atomic E-state index is 4.81. The summed E-state index contributed by atoms with van der Waals surface area (Å²) in [4.78, 5) is 9.54. The minimum atomic E-state index is 0.509. The van der Waals surface area contributed by atoms with Gasteiger partial charge in [0, 0.05) is 24.2 Å². The van der Waals surface area contributed by atoms with Crippen molar-refractivity contribution in [1.29, 1.82) is 0 Å². The van der Waals surface area contributed by atoms with Crippen molar-refractivity contribution < 1.29 is 0 Å². The number of nitrogens with one attached hydrogen (secondary N) is 1. The summed E-state index contributed by atoms with van der Waals surface area (Å²) in [6.07, 6.45) is 7.05. The molecule has 1 aromatic rings. The Hall–Kier alpha value is -1.12. The summed E-state index contributed by atoms with van der Waals surface area (Å²) in [6.45, 7) is 4.44. The van der Waals surface area contributed by atoms with E-state index in [4.69, 9.17) is 9.97 Å². The molecule has 0 aromatic carbocycles. The second kappa shape index (κ2) is 5.48. The van der Waals surface area contributed by atoms with Crippen molar-refractivity contribution in [3.63, 3.8) is 0 Å². The molecule has 0 aliphatic heterocycles. The lowest BCUT2D eigenvalue weighted by molar-refractivity contribution is 0.583. The molecule has 0 spiro atoms. The molecule has 3 heteroatoms. The highest BCUT2D eigenvalue weighted by Gasteiger charge is 2.19. The minimum Gasteiger partial charge on any atom is -0.373 e. The number of hydrogen-bond acceptors (Lipinski definition) is 3. The van der Waals surface area contributed by atoms with Crippen LogP contribution in [0.2, 0.25) is 0 Å². The molecule has 2 rings (SSSR count). The lowest BCUT2D eigenvalue weighted by atomic mass is 9.95. The molecule has 0 saturated carbocycles. The van der Waals surface area contributed by atoms with Crippen LogP contribution in [0.5, 0.6) is 0 Å². The van der Waals surface area contributed by atoms with Crippen molar-refractivity contribution in [2.45, 2.75) is 58.3 Å². The maximum Gasteiger partial charge on any atom is 0.134 e. The SMILES string of the molecule is CCC(CC)c1nc2c(c(NC)n1)CCCC2. The van der Waals surface area contributed by atoms with Crippen LogP contribution in [-0.2, 0) is 12.8 Å². The third-order valence-electron chi connectivity index (χ3n) is 3.79. The Balaban J connectivity index is 2.42. The maximum absolute atomic E-state index is 4.81. The van der Waals surface area contributed by atoms with Crippen molar-refractivity contribution in [1.82, 2.24) is 9.97 Å². The summed E-state index contributed by atoms with van der Waals surface area (Å²) in [7, 11) is 1.97. The van der Waals surface area contributed by atoms with Crippen LogP contribution >= 0.6 is 0 Å². The number of rotatable bonds is 4. The molecule has 17 heavy (non-hydrogen) atoms. The van der Waals surface area contributed by atoms with Gasteiger partial charge in [0.05, 0.1) is 0 Å². The van der Waals surface area contributed by atoms with Crippen LogP contribution in [0, 0.1) is 0 Å². The molecule has 1 aliphatic rings. The van der Waals surface area contributed by atoms with Gasteiger partial charge in [-0.1, -0.05) is 13.8 Å². The number of fused-ring (bicyclic) bond motifs is 1. The highest BCUT2D eigenvalue weighted by Crippen LogP contribution is 2.28. The fraction of sp³-hybridized carbons (Fsp3) is 0.714. The Morgan fingerprint density at radius 1 is 1.12 bits per heavy atom. The summed E-state index contributed by atoms with van der Waals surface area (Å²) < 4.78 is 0. The number of hydrogen-bond donors (Lipinski definition) is 1. The first-order valence-electron chi connectivity index (χ1n) is 6.87. The Bertz CT molecular complexity index is 366. The number of aryl methyl sites for hydroxylation is 1. The van der Waals surface area contributed by atoms with Crippen molar-refractivity contribution in [3.05, 3.63) is 17.1 Å². The van der Waals surface area contributed by atoms with E-state index in [1.807, 2.05) is 7.05 Å². The molecule has 1 aromatic heterocycles. The minimum absolute atomic E-state index is 0.509. The molecule has 1 aliphatic carbocycles. The third-order valence-corrected chi connectivity index (χ3v) is 3.79. The van der Waals surface area contributed by atoms with Gasteiger partial charge in [0.15, 0.2) is 0 Å². The fourth-order valence-electron chi connectivity index (χ4n) is 2.66. The normalized spacial score (nSPS) is 14.8. The Labute approximate surface area is 104 Å². The zero-order chi connectivity index (χ0) is 12.3. The predicted octanol–water partition coefficient (Wildman–Crippen LogP) is 3.30. The van der Waals surface area contributed by atoms with E-state index in [0.29, 0.717) is 5.92 Å². The molecule has 0 atom stereocenters. The topological polar surface area (TPSA) is 37.8 Å². The largest absolute Gasteiger partial charge is 0.373 e. The Kier molecular flexibility index (Phi) is 3.97. The second-order valence-electron chi connectivity index (χ2n) is 4.83. The molecule has 1 N–H and O–H groups in total. The van der Waals surface area contributed by atoms with Crippen molar-refractivity contribution in [3.8, 4) is 0 Å². The lowest BCUT2D eigenvalue weighted by Crippen LogP contribution is -2.15. The summed E-state index contributed by atoms with van der Waals surface area (Å²) in [5.74, 6) is 2.62. The van der Waals surface area contributed by atoms with Crippen LogP contribution in [0.1, 0.15) is 62.5 Å². The molecular weight excluding hydrogens is 210 g/mol. The first kappa shape index (κ1) is 12.3. The third kappa shape index (κ3) is 2.43. The zero-order valence-electron chi connectivity index (χ0n) is 11.2. The van der Waals surface area contributed by atoms with Gasteiger partial charge in [-0.3, -0.25) is 0 Å². The average Bonchev–Trinajstić information content (AvgIpc) is 2.39. The summed E-state index contributed by atoms with van der Waals surface area (Å²) in [6, 6.07) is 0. The van der Waals surface area contributed by atoms with Gasteiger partial charge in [0.2, 0.25) is 0 Å². The van der Waals surface area contributed by atoms with E-state index in [1.165, 1.54) is 24.1 Å². The first-order valence-corrected chi connectivity index (χ1v) is 6.87. The molecule has 0 bridgehead atoms. The van der Waals surface area contributed by atoms with E-state index in [9.17, 15) is 0 Å². The molecule has 0 radical (unpaired) electrons. The summed E-state index contributed by atoms with van der Waals surface area (Å²) >= 11 is 0. The molecule has 0 amide bonds. The van der Waals surface area contributed by atoms with E-state index >= 15 is 0 Å². The summed E-state index contributed by atoms with van der Waals surface area (Å²) in [5.41, 5.74) is 2.64. The van der Waals surface area contributed by atoms with E-state index in [1.54, 1.807) is 0 Å². The molecule has 94 valence electrons.